The molecule has 2 fully saturated rings. The van der Waals surface area contributed by atoms with Gasteiger partial charge in [-0.15, -0.1) is 0 Å². The van der Waals surface area contributed by atoms with Gasteiger partial charge in [-0.25, -0.2) is 19.2 Å². The Balaban J connectivity index is 0.000000295. The van der Waals surface area contributed by atoms with E-state index in [9.17, 15) is 29.4 Å². The van der Waals surface area contributed by atoms with Gasteiger partial charge >= 0.3 is 23.9 Å². The zero-order valence-corrected chi connectivity index (χ0v) is 59.0. The maximum absolute atomic E-state index is 13.8. The van der Waals surface area contributed by atoms with Crippen LogP contribution in [0.1, 0.15) is 121 Å². The quantitative estimate of drug-likeness (QED) is 0.0196. The number of carboxylic acids is 1. The summed E-state index contributed by atoms with van der Waals surface area (Å²) in [5, 5.41) is 20.2. The van der Waals surface area contributed by atoms with E-state index in [1.54, 1.807) is 118 Å². The molecule has 0 aromatic heterocycles. The van der Waals surface area contributed by atoms with E-state index >= 15 is 0 Å². The average Bonchev–Trinajstić information content (AvgIpc) is 1.83. The minimum absolute atomic E-state index is 0.0268. The highest BCUT2D eigenvalue weighted by molar-refractivity contribution is 6.76. The van der Waals surface area contributed by atoms with Crippen molar-refractivity contribution in [2.75, 3.05) is 41.0 Å². The molecule has 21 heteroatoms. The van der Waals surface area contributed by atoms with Gasteiger partial charge in [-0.3, -0.25) is 0 Å². The monoisotopic (exact) mass is 1320 g/mol. The van der Waals surface area contributed by atoms with Crippen LogP contribution in [0.3, 0.4) is 0 Å². The Morgan fingerprint density at radius 1 is 0.710 bits per heavy atom. The number of ether oxygens (including phenoxy) is 13. The van der Waals surface area contributed by atoms with Crippen molar-refractivity contribution in [3.63, 3.8) is 0 Å². The number of hydrogen-bond acceptors (Lipinski definition) is 18. The van der Waals surface area contributed by atoms with Crippen molar-refractivity contribution in [1.82, 2.24) is 0 Å². The molecule has 10 atom stereocenters. The first-order valence-corrected chi connectivity index (χ1v) is 39.2. The fourth-order valence-corrected chi connectivity index (χ4v) is 11.4. The van der Waals surface area contributed by atoms with Gasteiger partial charge in [0.1, 0.15) is 64.6 Å². The molecular formula is C72H98O19Si2. The van der Waals surface area contributed by atoms with E-state index in [-0.39, 0.29) is 42.3 Å². The zero-order chi connectivity index (χ0) is 68.3. The van der Waals surface area contributed by atoms with Crippen LogP contribution in [0.5, 0.6) is 23.0 Å². The average molecular weight is 1320 g/mol. The molecule has 5 unspecified atom stereocenters. The van der Waals surface area contributed by atoms with Crippen molar-refractivity contribution in [1.29, 1.82) is 0 Å². The lowest BCUT2D eigenvalue weighted by Crippen LogP contribution is -2.37. The fourth-order valence-electron chi connectivity index (χ4n) is 10.0. The van der Waals surface area contributed by atoms with Crippen LogP contribution in [0.25, 0.3) is 12.2 Å². The summed E-state index contributed by atoms with van der Waals surface area (Å²) in [6.45, 7) is 29.1. The first kappa shape index (κ1) is 75.1. The number of cyclic esters (lactones) is 1. The topological polar surface area (TPSA) is 229 Å². The second-order valence-corrected chi connectivity index (χ2v) is 38.1. The van der Waals surface area contributed by atoms with Gasteiger partial charge < -0.3 is 71.8 Å². The number of carboxylic acid groups (broad SMARTS) is 1. The molecule has 0 aliphatic carbocycles. The molecule has 0 bridgehead atoms. The number of aromatic carboxylic acids is 1. The van der Waals surface area contributed by atoms with Crippen molar-refractivity contribution in [2.45, 2.75) is 180 Å². The summed E-state index contributed by atoms with van der Waals surface area (Å²) in [6, 6.07) is 26.2. The number of rotatable bonds is 26. The predicted octanol–water partition coefficient (Wildman–Crippen LogP) is 14.1. The van der Waals surface area contributed by atoms with Gasteiger partial charge in [0.05, 0.1) is 42.7 Å². The summed E-state index contributed by atoms with van der Waals surface area (Å²) >= 11 is 0. The molecule has 7 rings (SSSR count). The molecule has 19 nitrogen and oxygen atoms in total. The highest BCUT2D eigenvalue weighted by Gasteiger charge is 2.47. The first-order valence-electron chi connectivity index (χ1n) is 31.8. The van der Waals surface area contributed by atoms with Crippen molar-refractivity contribution in [2.24, 2.45) is 11.8 Å². The number of hydrogen-bond donors (Lipinski definition) is 2. The van der Waals surface area contributed by atoms with Gasteiger partial charge in [0, 0.05) is 48.4 Å². The van der Waals surface area contributed by atoms with Gasteiger partial charge in [-0.2, -0.15) is 0 Å². The maximum atomic E-state index is 13.8. The van der Waals surface area contributed by atoms with Gasteiger partial charge in [0.25, 0.3) is 0 Å². The molecule has 3 heterocycles. The molecular weight excluding hydrogens is 1220 g/mol. The van der Waals surface area contributed by atoms with Gasteiger partial charge in [-0.05, 0) is 132 Å². The lowest BCUT2D eigenvalue weighted by molar-refractivity contribution is -0.153. The summed E-state index contributed by atoms with van der Waals surface area (Å²) in [7, 11) is 0.291. The Kier molecular flexibility index (Phi) is 27.8. The molecule has 0 amide bonds. The molecule has 0 radical (unpaired) electrons. The van der Waals surface area contributed by atoms with E-state index in [1.165, 1.54) is 14.2 Å². The van der Waals surface area contributed by atoms with Crippen LogP contribution in [0, 0.1) is 11.8 Å². The smallest absolute Gasteiger partial charge is 0.342 e. The molecule has 4 aromatic carbocycles. The van der Waals surface area contributed by atoms with Gasteiger partial charge in [-0.1, -0.05) is 126 Å². The number of aliphatic hydroxyl groups is 1. The van der Waals surface area contributed by atoms with Crippen molar-refractivity contribution >= 4 is 52.2 Å². The number of carbonyl (C=O) groups is 4. The number of benzene rings is 4. The fraction of sp³-hybridized carbons (Fsp3) is 0.500. The summed E-state index contributed by atoms with van der Waals surface area (Å²) in [6.07, 6.45) is 10.2. The lowest BCUT2D eigenvalue weighted by Gasteiger charge is -2.26. The summed E-state index contributed by atoms with van der Waals surface area (Å²) in [4.78, 5) is 52.4. The second-order valence-electron chi connectivity index (χ2n) is 26.9. The molecule has 508 valence electrons. The molecule has 3 aliphatic rings. The summed E-state index contributed by atoms with van der Waals surface area (Å²) < 4.78 is 77.1. The minimum atomic E-state index is -1.36. The van der Waals surface area contributed by atoms with E-state index in [0.717, 1.165) is 12.1 Å². The van der Waals surface area contributed by atoms with Crippen LogP contribution in [0.4, 0.5) is 0 Å². The van der Waals surface area contributed by atoms with E-state index in [4.69, 9.17) is 61.6 Å². The number of carbonyl (C=O) groups excluding carboxylic acids is 3. The molecule has 2 saturated heterocycles. The zero-order valence-electron chi connectivity index (χ0n) is 57.0. The molecule has 4 aromatic rings. The summed E-state index contributed by atoms with van der Waals surface area (Å²) in [5.74, 6) is -3.49. The third-order valence-electron chi connectivity index (χ3n) is 15.5. The largest absolute Gasteiger partial charge is 0.494 e. The Morgan fingerprint density at radius 2 is 1.28 bits per heavy atom. The SMILES string of the molecule is COCOc1cc(OCC[Si](C)(C)C)cc(/C=C/CC2OC(C)(C)OC2C(/C=C\[C@@H](C)[C@H](C)O)OC(=O)c2ccccc2)c1C(=O)O.COCOc1cc(OCC[Si](C)(C)C)cc2c1C(=O)O[C@@H](C)[C@H](C)/C=C\C(OC(=O)c1ccccc1)[C@H]1OC(C)(C)OC1C/C=C/2. The van der Waals surface area contributed by atoms with Crippen molar-refractivity contribution in [3.8, 4) is 23.0 Å². The van der Waals surface area contributed by atoms with Gasteiger partial charge in [0.2, 0.25) is 0 Å². The highest BCUT2D eigenvalue weighted by Crippen LogP contribution is 2.39. The molecule has 0 saturated carbocycles. The van der Waals surface area contributed by atoms with Crippen LogP contribution < -0.4 is 18.9 Å². The standard InChI is InChI=1S/C36H50O10Si.C36H48O9Si/c1-24(25(2)37)17-18-29(44-35(40)26-13-10-9-11-14-26)33-30(45-36(3,4)46-33)16-12-15-27-21-28(42-19-20-47(6,7)8)22-31(43-23-41-5)32(27)34(38)39;1-24-17-18-29(43-34(37)26-13-10-9-11-14-26)33-30(44-36(3,4)45-33)16-12-15-27-21-28(40-19-20-46(6,7)8)22-31(41-23-39-5)32(27)35(38)42-25(24)2/h9-15,17-18,21-22,24-25,29-30,33,37H,16,19-20,23H2,1-8H3,(H,38,39);9-15,17-18,21-22,24-25,29-30,33H,16,19-20,23H2,1-8H3/b2*15-12+,18-17-/t24-,25+,29?,30?,33?;24-,25+,29?,30?,33-/m11/s1. The lowest BCUT2D eigenvalue weighted by atomic mass is 9.98. The van der Waals surface area contributed by atoms with E-state index in [0.29, 0.717) is 65.6 Å². The van der Waals surface area contributed by atoms with Crippen LogP contribution in [0.2, 0.25) is 51.4 Å². The van der Waals surface area contributed by atoms with Crippen molar-refractivity contribution in [3.05, 3.63) is 155 Å². The van der Waals surface area contributed by atoms with E-state index in [1.807, 2.05) is 71.0 Å². The van der Waals surface area contributed by atoms with Gasteiger partial charge in [0.15, 0.2) is 25.2 Å². The van der Waals surface area contributed by atoms with E-state index < -0.39 is 100 Å². The molecule has 3 aliphatic heterocycles. The predicted molar refractivity (Wildman–Crippen MR) is 362 cm³/mol. The minimum Gasteiger partial charge on any atom is -0.494 e. The first-order chi connectivity index (χ1) is 43.9. The second kappa shape index (κ2) is 34.5. The highest BCUT2D eigenvalue weighted by atomic mass is 28.3. The number of methoxy groups -OCH3 is 2. The normalized spacial score (nSPS) is 22.9. The Hall–Kier alpha value is -6.93. The number of fused-ring (bicyclic) bond motifs is 2. The summed E-state index contributed by atoms with van der Waals surface area (Å²) in [5.41, 5.74) is 2.05. The van der Waals surface area contributed by atoms with Crippen LogP contribution in [-0.2, 0) is 42.6 Å². The Bertz CT molecular complexity index is 3200. The number of aliphatic hydroxyl groups excluding tert-OH is 1. The Morgan fingerprint density at radius 3 is 1.86 bits per heavy atom. The van der Waals surface area contributed by atoms with Crippen LogP contribution >= 0.6 is 0 Å². The third kappa shape index (κ3) is 23.8. The third-order valence-corrected chi connectivity index (χ3v) is 18.9. The Labute approximate surface area is 551 Å². The molecule has 0 spiro atoms. The van der Waals surface area contributed by atoms with Crippen molar-refractivity contribution < 1.29 is 91.0 Å². The molecule has 2 N–H and O–H groups in total. The maximum Gasteiger partial charge on any atom is 0.342 e. The number of esters is 3. The van der Waals surface area contributed by atoms with Crippen LogP contribution in [0.15, 0.2) is 121 Å². The van der Waals surface area contributed by atoms with E-state index in [2.05, 4.69) is 39.3 Å². The molecule has 93 heavy (non-hydrogen) atoms. The van der Waals surface area contributed by atoms with Crippen LogP contribution in [-0.4, -0.2) is 152 Å².